The van der Waals surface area contributed by atoms with Crippen LogP contribution < -0.4 is 26.4 Å². The molecule has 0 atom stereocenters. The molecule has 0 aliphatic rings. The first-order valence-corrected chi connectivity index (χ1v) is 21.2. The van der Waals surface area contributed by atoms with Crippen molar-refractivity contribution in [3.05, 3.63) is 177 Å². The fourth-order valence-electron chi connectivity index (χ4n) is 8.23. The summed E-state index contributed by atoms with van der Waals surface area (Å²) in [5, 5.41) is 0. The smallest absolute Gasteiger partial charge is 0.200 e. The molecule has 5 aromatic carbocycles. The van der Waals surface area contributed by atoms with E-state index in [2.05, 4.69) is 53.0 Å². The SMILES string of the molecule is CCCCCCCCCCCCc1cncc[n+]1Cc1ccccc1.Fc1c(F)c(F)c([B-](c2c(F)c(F)c(F)c(F)c2F)(c2c(F)c(F)c(F)c(F)c2F)c2c(F)c(F)c(F)c(F)c2F)c(F)c1F. The molecule has 0 saturated heterocycles. The van der Waals surface area contributed by atoms with Gasteiger partial charge in [0.25, 0.3) is 0 Å². The van der Waals surface area contributed by atoms with Gasteiger partial charge in [0.15, 0.2) is 88.2 Å². The number of aryl methyl sites for hydroxylation is 1. The minimum atomic E-state index is -7.22. The van der Waals surface area contributed by atoms with Gasteiger partial charge >= 0.3 is 0 Å². The molecule has 70 heavy (non-hydrogen) atoms. The molecule has 0 bridgehead atoms. The van der Waals surface area contributed by atoms with Crippen LogP contribution in [-0.4, -0.2) is 11.1 Å². The van der Waals surface area contributed by atoms with E-state index in [-0.39, 0.29) is 0 Å². The monoisotopic (exact) mass is 1020 g/mol. The first-order valence-electron chi connectivity index (χ1n) is 21.2. The van der Waals surface area contributed by atoms with Crippen LogP contribution in [0.3, 0.4) is 0 Å². The van der Waals surface area contributed by atoms with E-state index in [4.69, 9.17) is 0 Å². The lowest BCUT2D eigenvalue weighted by molar-refractivity contribution is -0.696. The molecular formula is C47H35BF20N2. The number of unbranched alkanes of at least 4 members (excludes halogenated alkanes) is 9. The highest BCUT2D eigenvalue weighted by molar-refractivity contribution is 7.20. The minimum Gasteiger partial charge on any atom is -0.252 e. The lowest BCUT2D eigenvalue weighted by Crippen LogP contribution is -2.81. The third-order valence-electron chi connectivity index (χ3n) is 11.6. The zero-order valence-corrected chi connectivity index (χ0v) is 36.1. The Labute approximate surface area is 385 Å². The largest absolute Gasteiger partial charge is 0.252 e. The Hall–Kier alpha value is -6.16. The van der Waals surface area contributed by atoms with E-state index in [1.165, 1.54) is 75.5 Å². The van der Waals surface area contributed by atoms with E-state index in [0.717, 1.165) is 13.0 Å². The van der Waals surface area contributed by atoms with Gasteiger partial charge in [-0.2, -0.15) is 4.57 Å². The average molecular weight is 1020 g/mol. The Bertz CT molecular complexity index is 2480. The topological polar surface area (TPSA) is 16.8 Å². The first kappa shape index (κ1) is 54.8. The van der Waals surface area contributed by atoms with Gasteiger partial charge in [-0.05, 0) is 6.42 Å². The number of hydrogen-bond donors (Lipinski definition) is 0. The van der Waals surface area contributed by atoms with Crippen LogP contribution in [0.2, 0.25) is 0 Å². The van der Waals surface area contributed by atoms with Gasteiger partial charge in [-0.25, -0.2) is 87.8 Å². The second kappa shape index (κ2) is 23.2. The van der Waals surface area contributed by atoms with Gasteiger partial charge in [0, 0.05) is 12.0 Å². The van der Waals surface area contributed by atoms with Crippen molar-refractivity contribution in [3.8, 4) is 0 Å². The van der Waals surface area contributed by atoms with E-state index in [1.54, 1.807) is 0 Å². The molecule has 0 aliphatic heterocycles. The van der Waals surface area contributed by atoms with Crippen molar-refractivity contribution in [2.45, 2.75) is 84.1 Å². The van der Waals surface area contributed by atoms with Crippen molar-refractivity contribution in [3.63, 3.8) is 0 Å². The average Bonchev–Trinajstić information content (AvgIpc) is 3.35. The van der Waals surface area contributed by atoms with Gasteiger partial charge in [-0.15, -0.1) is 21.9 Å². The summed E-state index contributed by atoms with van der Waals surface area (Å²) in [6, 6.07) is 10.7. The Morgan fingerprint density at radius 2 is 0.657 bits per heavy atom. The number of nitrogens with zero attached hydrogens (tertiary/aromatic N) is 2. The van der Waals surface area contributed by atoms with Gasteiger partial charge in [-0.1, -0.05) is 95.0 Å². The zero-order valence-electron chi connectivity index (χ0n) is 36.1. The summed E-state index contributed by atoms with van der Waals surface area (Å²) < 4.78 is 296. The number of hydrogen-bond acceptors (Lipinski definition) is 1. The fraction of sp³-hybridized carbons (Fsp3) is 0.277. The minimum absolute atomic E-state index is 0.941. The second-order valence-corrected chi connectivity index (χ2v) is 15.9. The maximum absolute atomic E-state index is 15.4. The van der Waals surface area contributed by atoms with E-state index in [1.807, 2.05) is 12.4 Å². The molecule has 0 fully saturated rings. The van der Waals surface area contributed by atoms with Crippen LogP contribution in [0.4, 0.5) is 87.8 Å². The standard InChI is InChI=1S/C24BF20.C23H35N2/c26-5-1(6(27)14(35)21(42)13(5)34)25(2-7(28)15(36)22(43)16(37)8(2)29,3-9(30)17(38)23(44)18(39)10(3)31)4-11(32)19(40)24(45)20(41)12(4)33;1-2-3-4-5-6-7-8-9-10-14-17-23-20-24-18-19-25(23)21-22-15-12-11-13-16-22/h;11-13,15-16,18-20H,2-10,14,17,21H2,1H3/q-1;+1. The van der Waals surface area contributed by atoms with Gasteiger partial charge in [0.2, 0.25) is 0 Å². The van der Waals surface area contributed by atoms with Crippen LogP contribution in [0.15, 0.2) is 48.9 Å². The van der Waals surface area contributed by atoms with Crippen molar-refractivity contribution in [2.24, 2.45) is 0 Å². The van der Waals surface area contributed by atoms with Crippen molar-refractivity contribution < 1.29 is 92.4 Å². The maximum Gasteiger partial charge on any atom is 0.200 e. The summed E-state index contributed by atoms with van der Waals surface area (Å²) in [5.74, 6) is -71.4. The molecule has 0 radical (unpaired) electrons. The van der Waals surface area contributed by atoms with Gasteiger partial charge in [0.1, 0.15) is 52.7 Å². The predicted octanol–water partition coefficient (Wildman–Crippen LogP) is 11.7. The summed E-state index contributed by atoms with van der Waals surface area (Å²) in [6.07, 6.45) is 13.8. The Morgan fingerprint density at radius 1 is 0.371 bits per heavy atom. The molecule has 0 aliphatic carbocycles. The highest BCUT2D eigenvalue weighted by Gasteiger charge is 2.52. The van der Waals surface area contributed by atoms with Crippen molar-refractivity contribution in [1.82, 2.24) is 4.98 Å². The predicted molar refractivity (Wildman–Crippen MR) is 215 cm³/mol. The Balaban J connectivity index is 0.000000308. The zero-order chi connectivity index (χ0) is 51.9. The van der Waals surface area contributed by atoms with Crippen LogP contribution in [0.5, 0.6) is 0 Å². The highest BCUT2D eigenvalue weighted by atomic mass is 19.2. The third-order valence-corrected chi connectivity index (χ3v) is 11.6. The summed E-state index contributed by atoms with van der Waals surface area (Å²) >= 11 is 0. The summed E-state index contributed by atoms with van der Waals surface area (Å²) in [7, 11) is 0. The van der Waals surface area contributed by atoms with Crippen LogP contribution in [-0.2, 0) is 13.0 Å². The molecule has 376 valence electrons. The molecule has 6 aromatic rings. The number of rotatable bonds is 17. The molecule has 0 N–H and O–H groups in total. The van der Waals surface area contributed by atoms with Gasteiger partial charge < -0.3 is 0 Å². The van der Waals surface area contributed by atoms with E-state index in [9.17, 15) is 52.7 Å². The van der Waals surface area contributed by atoms with Crippen LogP contribution in [0, 0.1) is 116 Å². The van der Waals surface area contributed by atoms with Crippen LogP contribution in [0.25, 0.3) is 0 Å². The summed E-state index contributed by atoms with van der Waals surface area (Å²) in [6.45, 7) is 3.22. The first-order chi connectivity index (χ1) is 33.1. The van der Waals surface area contributed by atoms with Crippen molar-refractivity contribution in [2.75, 3.05) is 0 Å². The van der Waals surface area contributed by atoms with E-state index < -0.39 is 144 Å². The van der Waals surface area contributed by atoms with E-state index in [0.29, 0.717) is 0 Å². The normalized spacial score (nSPS) is 11.6. The molecule has 0 unspecified atom stereocenters. The van der Waals surface area contributed by atoms with Gasteiger partial charge in [-0.3, -0.25) is 4.98 Å². The fourth-order valence-corrected chi connectivity index (χ4v) is 8.23. The van der Waals surface area contributed by atoms with Crippen LogP contribution >= 0.6 is 0 Å². The Kier molecular flexibility index (Phi) is 18.1. The molecule has 0 amide bonds. The van der Waals surface area contributed by atoms with Crippen molar-refractivity contribution >= 4 is 28.0 Å². The summed E-state index contributed by atoms with van der Waals surface area (Å²) in [4.78, 5) is 4.33. The molecule has 0 spiro atoms. The molecule has 0 saturated carbocycles. The summed E-state index contributed by atoms with van der Waals surface area (Å²) in [5.41, 5.74) is -11.6. The third kappa shape index (κ3) is 10.3. The maximum atomic E-state index is 15.4. The van der Waals surface area contributed by atoms with Crippen molar-refractivity contribution in [1.29, 1.82) is 0 Å². The van der Waals surface area contributed by atoms with Gasteiger partial charge in [0.05, 0.1) is 12.4 Å². The molecule has 6 rings (SSSR count). The highest BCUT2D eigenvalue weighted by Crippen LogP contribution is 2.31. The Morgan fingerprint density at radius 3 is 0.971 bits per heavy atom. The number of halogens is 20. The molecule has 23 heteroatoms. The van der Waals surface area contributed by atoms with E-state index >= 15 is 35.1 Å². The molecule has 1 aromatic heterocycles. The quantitative estimate of drug-likeness (QED) is 0.0222. The number of aromatic nitrogens is 2. The molecule has 1 heterocycles. The van der Waals surface area contributed by atoms with Crippen LogP contribution in [0.1, 0.15) is 82.4 Å². The lowest BCUT2D eigenvalue weighted by atomic mass is 9.12. The molecule has 2 nitrogen and oxygen atoms in total. The molecular weight excluding hydrogens is 983 g/mol. The number of benzene rings is 5. The second-order valence-electron chi connectivity index (χ2n) is 15.9. The lowest BCUT2D eigenvalue weighted by Gasteiger charge is -2.44.